The van der Waals surface area contributed by atoms with Crippen molar-refractivity contribution in [2.24, 2.45) is 5.73 Å². The van der Waals surface area contributed by atoms with E-state index in [4.69, 9.17) is 5.73 Å². The molecule has 0 aliphatic heterocycles. The van der Waals surface area contributed by atoms with Crippen LogP contribution in [0.3, 0.4) is 0 Å². The van der Waals surface area contributed by atoms with E-state index in [-0.39, 0.29) is 17.2 Å². The molecule has 0 saturated carbocycles. The van der Waals surface area contributed by atoms with Gasteiger partial charge < -0.3 is 5.73 Å². The molecule has 0 unspecified atom stereocenters. The first-order chi connectivity index (χ1) is 10.5. The molecule has 0 aliphatic carbocycles. The number of hydrogen-bond acceptors (Lipinski definition) is 4. The highest BCUT2D eigenvalue weighted by molar-refractivity contribution is 7.99. The third-order valence-corrected chi connectivity index (χ3v) is 5.25. The van der Waals surface area contributed by atoms with E-state index in [1.807, 2.05) is 6.07 Å². The highest BCUT2D eigenvalue weighted by Gasteiger charge is 2.15. The van der Waals surface area contributed by atoms with Crippen LogP contribution < -0.4 is 10.5 Å². The van der Waals surface area contributed by atoms with E-state index >= 15 is 0 Å². The van der Waals surface area contributed by atoms with Gasteiger partial charge in [-0.2, -0.15) is 0 Å². The Bertz CT molecular complexity index is 746. The van der Waals surface area contributed by atoms with Crippen LogP contribution in [0.2, 0.25) is 0 Å². The summed E-state index contributed by atoms with van der Waals surface area (Å²) in [5.74, 6) is 0.120. The quantitative estimate of drug-likeness (QED) is 0.760. The van der Waals surface area contributed by atoms with E-state index in [0.29, 0.717) is 11.4 Å². The fourth-order valence-corrected chi connectivity index (χ4v) is 3.88. The van der Waals surface area contributed by atoms with Gasteiger partial charge in [0, 0.05) is 17.1 Å². The largest absolute Gasteiger partial charge is 0.370 e. The summed E-state index contributed by atoms with van der Waals surface area (Å²) in [6.45, 7) is 0. The van der Waals surface area contributed by atoms with Crippen LogP contribution in [-0.2, 0) is 14.8 Å². The van der Waals surface area contributed by atoms with E-state index in [2.05, 4.69) is 4.72 Å². The van der Waals surface area contributed by atoms with Crippen molar-refractivity contribution in [3.05, 3.63) is 54.6 Å². The molecule has 2 aromatic rings. The van der Waals surface area contributed by atoms with Gasteiger partial charge in [-0.1, -0.05) is 30.3 Å². The number of nitrogens with one attached hydrogen (secondary N) is 1. The summed E-state index contributed by atoms with van der Waals surface area (Å²) in [5, 5.41) is 0. The van der Waals surface area contributed by atoms with E-state index in [1.54, 1.807) is 36.4 Å². The number of carbonyl (C=O) groups excluding carboxylic acids is 1. The highest BCUT2D eigenvalue weighted by atomic mass is 32.2. The number of rotatable bonds is 7. The maximum absolute atomic E-state index is 12.3. The molecule has 0 saturated heterocycles. The Labute approximate surface area is 134 Å². The minimum Gasteiger partial charge on any atom is -0.370 e. The fourth-order valence-electron chi connectivity index (χ4n) is 1.74. The molecule has 0 bridgehead atoms. The number of amides is 1. The first kappa shape index (κ1) is 16.4. The van der Waals surface area contributed by atoms with Crippen molar-refractivity contribution in [1.82, 2.24) is 0 Å². The van der Waals surface area contributed by atoms with Crippen molar-refractivity contribution in [3.63, 3.8) is 0 Å². The molecule has 1 amide bonds. The molecule has 0 aliphatic rings. The normalized spacial score (nSPS) is 11.1. The molecular weight excluding hydrogens is 320 g/mol. The number of primary amides is 1. The Morgan fingerprint density at radius 3 is 2.36 bits per heavy atom. The summed E-state index contributed by atoms with van der Waals surface area (Å²) in [5.41, 5.74) is 5.60. The van der Waals surface area contributed by atoms with Crippen LogP contribution in [-0.4, -0.2) is 20.1 Å². The lowest BCUT2D eigenvalue weighted by molar-refractivity contribution is -0.117. The minimum absolute atomic E-state index is 0.201. The van der Waals surface area contributed by atoms with Crippen molar-refractivity contribution in [2.45, 2.75) is 16.2 Å². The van der Waals surface area contributed by atoms with Gasteiger partial charge in [0.1, 0.15) is 0 Å². The van der Waals surface area contributed by atoms with Gasteiger partial charge in [-0.05, 0) is 24.3 Å². The molecule has 0 fully saturated rings. The third kappa shape index (κ3) is 4.51. The average molecular weight is 336 g/mol. The van der Waals surface area contributed by atoms with Crippen molar-refractivity contribution < 1.29 is 13.2 Å². The van der Waals surface area contributed by atoms with E-state index in [0.717, 1.165) is 4.90 Å². The Hall–Kier alpha value is -1.99. The first-order valence-corrected chi connectivity index (χ1v) is 9.04. The van der Waals surface area contributed by atoms with E-state index < -0.39 is 10.0 Å². The molecule has 5 nitrogen and oxygen atoms in total. The maximum atomic E-state index is 12.3. The van der Waals surface area contributed by atoms with E-state index in [1.165, 1.54) is 23.9 Å². The van der Waals surface area contributed by atoms with Crippen LogP contribution >= 0.6 is 11.8 Å². The molecule has 2 rings (SSSR count). The number of hydrogen-bond donors (Lipinski definition) is 2. The van der Waals surface area contributed by atoms with Gasteiger partial charge in [0.25, 0.3) is 10.0 Å². The smallest absolute Gasteiger partial charge is 0.261 e. The van der Waals surface area contributed by atoms with Crippen LogP contribution in [0.4, 0.5) is 5.69 Å². The lowest BCUT2D eigenvalue weighted by atomic mass is 10.3. The van der Waals surface area contributed by atoms with Crippen molar-refractivity contribution >= 4 is 33.4 Å². The zero-order valence-corrected chi connectivity index (χ0v) is 13.4. The summed E-state index contributed by atoms with van der Waals surface area (Å²) >= 11 is 1.38. The molecule has 0 radical (unpaired) electrons. The molecule has 3 N–H and O–H groups in total. The summed E-state index contributed by atoms with van der Waals surface area (Å²) < 4.78 is 27.3. The lowest BCUT2D eigenvalue weighted by Gasteiger charge is -2.12. The summed E-state index contributed by atoms with van der Waals surface area (Å²) in [7, 11) is -3.63. The lowest BCUT2D eigenvalue weighted by Crippen LogP contribution is -2.13. The van der Waals surface area contributed by atoms with Gasteiger partial charge in [0.15, 0.2) is 0 Å². The zero-order chi connectivity index (χ0) is 16.0. The number of anilines is 1. The second-order valence-corrected chi connectivity index (χ2v) is 7.30. The number of nitrogens with two attached hydrogens (primary N) is 1. The molecule has 0 aromatic heterocycles. The summed E-state index contributed by atoms with van der Waals surface area (Å²) in [4.78, 5) is 11.7. The first-order valence-electron chi connectivity index (χ1n) is 6.57. The van der Waals surface area contributed by atoms with Crippen LogP contribution in [0.25, 0.3) is 0 Å². The third-order valence-electron chi connectivity index (χ3n) is 2.79. The van der Waals surface area contributed by atoms with Gasteiger partial charge in [-0.15, -0.1) is 11.8 Å². The molecule has 0 heterocycles. The summed E-state index contributed by atoms with van der Waals surface area (Å²) in [6.07, 6.45) is 0.241. The molecule has 0 spiro atoms. The van der Waals surface area contributed by atoms with E-state index in [9.17, 15) is 13.2 Å². The van der Waals surface area contributed by atoms with Crippen LogP contribution in [0, 0.1) is 0 Å². The predicted octanol–water partition coefficient (Wildman–Crippen LogP) is 2.45. The molecule has 0 atom stereocenters. The average Bonchev–Trinajstić information content (AvgIpc) is 2.49. The van der Waals surface area contributed by atoms with Crippen molar-refractivity contribution in [3.8, 4) is 0 Å². The number of carbonyl (C=O) groups is 1. The SMILES string of the molecule is NC(=O)CCSc1ccccc1NS(=O)(=O)c1ccccc1. The molecule has 2 aromatic carbocycles. The Kier molecular flexibility index (Phi) is 5.46. The monoisotopic (exact) mass is 336 g/mol. The molecule has 7 heteroatoms. The van der Waals surface area contributed by atoms with Gasteiger partial charge in [0.05, 0.1) is 10.6 Å². The van der Waals surface area contributed by atoms with Gasteiger partial charge >= 0.3 is 0 Å². The van der Waals surface area contributed by atoms with Crippen LogP contribution in [0.5, 0.6) is 0 Å². The number of para-hydroxylation sites is 1. The Balaban J connectivity index is 2.17. The summed E-state index contributed by atoms with van der Waals surface area (Å²) in [6, 6.07) is 15.2. The highest BCUT2D eigenvalue weighted by Crippen LogP contribution is 2.29. The predicted molar refractivity (Wildman–Crippen MR) is 88.2 cm³/mol. The topological polar surface area (TPSA) is 89.3 Å². The Morgan fingerprint density at radius 2 is 1.68 bits per heavy atom. The van der Waals surface area contributed by atoms with Crippen LogP contribution in [0.1, 0.15) is 6.42 Å². The minimum atomic E-state index is -3.63. The van der Waals surface area contributed by atoms with Crippen LogP contribution in [0.15, 0.2) is 64.4 Å². The Morgan fingerprint density at radius 1 is 1.05 bits per heavy atom. The van der Waals surface area contributed by atoms with Crippen molar-refractivity contribution in [2.75, 3.05) is 10.5 Å². The number of benzene rings is 2. The van der Waals surface area contributed by atoms with Crippen molar-refractivity contribution in [1.29, 1.82) is 0 Å². The maximum Gasteiger partial charge on any atom is 0.261 e. The standard InChI is InChI=1S/C15H16N2O3S2/c16-15(18)10-11-21-14-9-5-4-8-13(14)17-22(19,20)12-6-2-1-3-7-12/h1-9,17H,10-11H2,(H2,16,18). The fraction of sp³-hybridized carbons (Fsp3) is 0.133. The van der Waals surface area contributed by atoms with Gasteiger partial charge in [0.2, 0.25) is 5.91 Å². The van der Waals surface area contributed by atoms with Gasteiger partial charge in [-0.25, -0.2) is 8.42 Å². The second-order valence-electron chi connectivity index (χ2n) is 4.48. The molecule has 22 heavy (non-hydrogen) atoms. The zero-order valence-electron chi connectivity index (χ0n) is 11.7. The number of sulfonamides is 1. The second kappa shape index (κ2) is 7.33. The molecule has 116 valence electrons. The molecular formula is C15H16N2O3S2. The van der Waals surface area contributed by atoms with Gasteiger partial charge in [-0.3, -0.25) is 9.52 Å². The number of thioether (sulfide) groups is 1.